The van der Waals surface area contributed by atoms with E-state index in [-0.39, 0.29) is 94.4 Å². The molecule has 4 rings (SSSR count). The average molecular weight is 1050 g/mol. The molecule has 40 heteroatoms. The molecule has 4 atom stereocenters. The van der Waals surface area contributed by atoms with E-state index in [1.807, 2.05) is 21.3 Å². The zero-order chi connectivity index (χ0) is 45.1. The molecule has 4 heterocycles. The van der Waals surface area contributed by atoms with Gasteiger partial charge in [-0.2, -0.15) is 0 Å². The van der Waals surface area contributed by atoms with E-state index in [0.29, 0.717) is 23.8 Å². The molecule has 0 aromatic carbocycles. The quantitative estimate of drug-likeness (QED) is 0.0152. The van der Waals surface area contributed by atoms with Gasteiger partial charge >= 0.3 is 59.1 Å². The monoisotopic (exact) mass is 1050 g/mol. The first-order valence-electron chi connectivity index (χ1n) is 14.9. The Labute approximate surface area is 411 Å². The van der Waals surface area contributed by atoms with Gasteiger partial charge in [-0.3, -0.25) is 28.8 Å². The van der Waals surface area contributed by atoms with Crippen molar-refractivity contribution >= 4 is 145 Å². The fourth-order valence-electron chi connectivity index (χ4n) is 3.82. The summed E-state index contributed by atoms with van der Waals surface area (Å²) in [6.07, 6.45) is 1.19. The van der Waals surface area contributed by atoms with Crippen molar-refractivity contribution < 1.29 is 140 Å². The van der Waals surface area contributed by atoms with Gasteiger partial charge in [-0.25, -0.2) is 43.6 Å². The minimum Gasteiger partial charge on any atom is -0.735 e. The van der Waals surface area contributed by atoms with E-state index in [9.17, 15) is 71.5 Å². The second-order valence-corrected chi connectivity index (χ2v) is 19.3. The minimum atomic E-state index is -5.36. The average Bonchev–Trinajstić information content (AvgIpc) is 3.77. The Hall–Kier alpha value is -2.76. The maximum Gasteiger partial charge on any atom is 1.00 e. The molecule has 0 aliphatic carbocycles. The molecule has 0 spiro atoms. The largest absolute Gasteiger partial charge is 1.00 e. The Bertz CT molecular complexity index is 2320. The number of anilines is 2. The number of rotatable bonds is 20. The predicted molar refractivity (Wildman–Crippen MR) is 201 cm³/mol. The Morgan fingerprint density at radius 1 is 0.694 bits per heavy atom. The maximum atomic E-state index is 11.7. The van der Waals surface area contributed by atoms with Gasteiger partial charge in [0.05, 0.1) is 11.4 Å². The van der Waals surface area contributed by atoms with Crippen molar-refractivity contribution in [2.45, 2.75) is 36.0 Å². The van der Waals surface area contributed by atoms with Crippen LogP contribution in [0.1, 0.15) is 11.4 Å². The third kappa shape index (κ3) is 19.1. The van der Waals surface area contributed by atoms with E-state index < -0.39 is 98.9 Å². The van der Waals surface area contributed by atoms with Gasteiger partial charge in [0.15, 0.2) is 54.8 Å². The van der Waals surface area contributed by atoms with E-state index in [4.69, 9.17) is 32.9 Å². The van der Waals surface area contributed by atoms with Crippen LogP contribution in [0.15, 0.2) is 21.1 Å². The fraction of sp³-hybridized carbons (Fsp3) is 0.364. The first kappa shape index (κ1) is 57.3. The van der Waals surface area contributed by atoms with E-state index in [0.717, 1.165) is 30.9 Å². The van der Waals surface area contributed by atoms with Crippen LogP contribution in [-0.2, 0) is 92.3 Å². The Morgan fingerprint density at radius 3 is 1.32 bits per heavy atom. The van der Waals surface area contributed by atoms with Gasteiger partial charge in [-0.05, 0) is 0 Å². The normalized spacial score (nSPS) is 18.5. The molecule has 6 amide bonds. The van der Waals surface area contributed by atoms with Crippen LogP contribution in [0.25, 0.3) is 0 Å². The summed E-state index contributed by atoms with van der Waals surface area (Å²) in [4.78, 5) is 86.2. The Balaban J connectivity index is 0.000000601. The molecule has 8 N–H and O–H groups in total. The molecule has 0 radical (unpaired) electrons. The van der Waals surface area contributed by atoms with Crippen LogP contribution in [0.5, 0.6) is 0 Å². The number of hydrogen-bond donors (Lipinski definition) is 8. The van der Waals surface area contributed by atoms with Gasteiger partial charge in [-0.1, -0.05) is 10.3 Å². The number of carbonyl (C=O) groups is 6. The summed E-state index contributed by atoms with van der Waals surface area (Å²) in [5, 5.41) is 19.0. The number of nitrogens with zero attached hydrogens (tertiary/aromatic N) is 4. The van der Waals surface area contributed by atoms with E-state index in [2.05, 4.69) is 30.9 Å². The smallest absolute Gasteiger partial charge is 0.735 e. The van der Waals surface area contributed by atoms with Gasteiger partial charge in [0.1, 0.15) is 36.3 Å². The number of hydrogen-bond acceptors (Lipinski definition) is 24. The third-order valence-corrected chi connectivity index (χ3v) is 13.9. The molecule has 2 saturated heterocycles. The second-order valence-electron chi connectivity index (χ2n) is 10.7. The SMILES string of the molecule is O=C(C=NOCc1csc(NC(=O)CCl)n1)N[C@@H]1C(=O)N[C@@H]1S(=O)(=O)NS(=O)(=O)[O-].O=C(C=NOCc1csc(NC(=O)CCl)n1)N[C@@H]1C(=O)N[C@@H]1S(=O)(=O)NS(=O)(=O)[O-].[Na+].[Na+]. The van der Waals surface area contributed by atoms with Crippen LogP contribution < -0.4 is 99.3 Å². The van der Waals surface area contributed by atoms with E-state index in [1.54, 1.807) is 10.8 Å². The van der Waals surface area contributed by atoms with E-state index in [1.165, 1.54) is 0 Å². The molecule has 30 nitrogen and oxygen atoms in total. The minimum absolute atomic E-state index is 0. The summed E-state index contributed by atoms with van der Waals surface area (Å²) in [6, 6.07) is -3.32. The molecule has 0 unspecified atom stereocenters. The first-order valence-corrected chi connectivity index (χ1v) is 23.7. The van der Waals surface area contributed by atoms with Gasteiger partial charge in [-0.15, -0.1) is 54.1 Å². The van der Waals surface area contributed by atoms with Gasteiger partial charge < -0.3 is 50.7 Å². The van der Waals surface area contributed by atoms with Crippen molar-refractivity contribution in [2.24, 2.45) is 10.3 Å². The number of sulfonamides is 2. The summed E-state index contributed by atoms with van der Waals surface area (Å²) in [5.74, 6) is -5.30. The molecule has 62 heavy (non-hydrogen) atoms. The van der Waals surface area contributed by atoms with Crippen molar-refractivity contribution in [1.82, 2.24) is 39.5 Å². The molecule has 332 valence electrons. The van der Waals surface area contributed by atoms with Gasteiger partial charge in [0.2, 0.25) is 43.7 Å². The number of oxime groups is 2. The molecule has 0 bridgehead atoms. The summed E-state index contributed by atoms with van der Waals surface area (Å²) in [6.45, 7) is -0.355. The van der Waals surface area contributed by atoms with Crippen molar-refractivity contribution in [1.29, 1.82) is 0 Å². The zero-order valence-electron chi connectivity index (χ0n) is 30.8. The first-order chi connectivity index (χ1) is 27.8. The number of alkyl halides is 2. The number of amides is 6. The standard InChI is InChI=1S/2C11H13ClN6O9S3.2Na/c2*12-1-6(19)16-11-14-5(4-28-11)3-27-13-2-7(20)15-8-9(21)17-10(8)29(22,23)18-30(24,25)26;;/h2*2,4,8,10,18H,1,3H2,(H,15,20)(H,17,21)(H,14,16,19)(H,24,25,26);;/q;;2*+1/p-2/t2*8-,10-;;/m11../s1. The summed E-state index contributed by atoms with van der Waals surface area (Å²) in [5.41, 5.74) is 0.744. The van der Waals surface area contributed by atoms with Crippen molar-refractivity contribution in [3.8, 4) is 0 Å². The van der Waals surface area contributed by atoms with Crippen molar-refractivity contribution in [3.63, 3.8) is 0 Å². The Morgan fingerprint density at radius 2 is 1.03 bits per heavy atom. The summed E-state index contributed by atoms with van der Waals surface area (Å²) >= 11 is 12.9. The zero-order valence-corrected chi connectivity index (χ0v) is 41.2. The third-order valence-electron chi connectivity index (χ3n) is 6.19. The number of nitrogens with one attached hydrogen (secondary N) is 8. The molecular formula is C22H24Cl2N12Na2O18S6. The topological polar surface area (TPSA) is 450 Å². The molecule has 2 aromatic heterocycles. The summed E-state index contributed by atoms with van der Waals surface area (Å²) in [7, 11) is -20.3. The maximum absolute atomic E-state index is 11.7. The number of halogens is 2. The van der Waals surface area contributed by atoms with Crippen LogP contribution >= 0.6 is 45.9 Å². The van der Waals surface area contributed by atoms with Crippen LogP contribution in [-0.4, -0.2) is 135 Å². The predicted octanol–water partition coefficient (Wildman–Crippen LogP) is -11.7. The molecule has 2 aliphatic rings. The van der Waals surface area contributed by atoms with Crippen molar-refractivity contribution in [2.75, 3.05) is 22.4 Å². The van der Waals surface area contributed by atoms with E-state index >= 15 is 0 Å². The van der Waals surface area contributed by atoms with Gasteiger partial charge in [0.25, 0.3) is 11.8 Å². The number of aromatic nitrogens is 2. The van der Waals surface area contributed by atoms with Gasteiger partial charge in [0, 0.05) is 10.8 Å². The molecule has 0 saturated carbocycles. The van der Waals surface area contributed by atoms with Crippen molar-refractivity contribution in [3.05, 3.63) is 22.1 Å². The van der Waals surface area contributed by atoms with Crippen LogP contribution in [0.3, 0.4) is 0 Å². The molecule has 2 aliphatic heterocycles. The second kappa shape index (κ2) is 25.1. The van der Waals surface area contributed by atoms with Crippen LogP contribution in [0.2, 0.25) is 0 Å². The van der Waals surface area contributed by atoms with Crippen LogP contribution in [0, 0.1) is 0 Å². The van der Waals surface area contributed by atoms with Crippen LogP contribution in [0.4, 0.5) is 10.3 Å². The molecule has 2 fully saturated rings. The Kier molecular flexibility index (Phi) is 23.2. The number of thiazole rings is 2. The number of carbonyl (C=O) groups excluding carboxylic acids is 6. The molecule has 2 aromatic rings. The number of β-lactam (4-membered cyclic amide) rings is 2. The molecular weight excluding hydrogens is 1030 g/mol. The summed E-state index contributed by atoms with van der Waals surface area (Å²) < 4.78 is 112. The fourth-order valence-corrected chi connectivity index (χ4v) is 10.1.